The fourth-order valence-electron chi connectivity index (χ4n) is 9.84. The van der Waals surface area contributed by atoms with E-state index in [9.17, 15) is 0 Å². The van der Waals surface area contributed by atoms with Crippen molar-refractivity contribution in [2.24, 2.45) is 0 Å². The van der Waals surface area contributed by atoms with Gasteiger partial charge in [0.2, 0.25) is 0 Å². The van der Waals surface area contributed by atoms with E-state index in [2.05, 4.69) is 217 Å². The molecule has 0 N–H and O–H groups in total. The molecule has 0 atom stereocenters. The summed E-state index contributed by atoms with van der Waals surface area (Å²) in [5.74, 6) is 0. The minimum Gasteiger partial charge on any atom is -0.453 e. The maximum absolute atomic E-state index is 7.03. The predicted octanol–water partition coefficient (Wildman–Crippen LogP) is 15.3. The lowest BCUT2D eigenvalue weighted by Crippen LogP contribution is -2.14. The van der Waals surface area contributed by atoms with Gasteiger partial charge in [0.25, 0.3) is 0 Å². The molecule has 0 radical (unpaired) electrons. The van der Waals surface area contributed by atoms with E-state index in [0.717, 1.165) is 55.6 Å². The first-order valence-electron chi connectivity index (χ1n) is 20.1. The summed E-state index contributed by atoms with van der Waals surface area (Å²) in [5.41, 5.74) is 16.2. The zero-order chi connectivity index (χ0) is 38.5. The van der Waals surface area contributed by atoms with Crippen molar-refractivity contribution < 1.29 is 4.42 Å². The van der Waals surface area contributed by atoms with Gasteiger partial charge in [-0.25, -0.2) is 0 Å². The third-order valence-electron chi connectivity index (χ3n) is 12.6. The van der Waals surface area contributed by atoms with E-state index in [-0.39, 0.29) is 5.41 Å². The maximum Gasteiger partial charge on any atom is 0.159 e. The molecular formula is C55H38N2O. The van der Waals surface area contributed by atoms with E-state index >= 15 is 0 Å². The van der Waals surface area contributed by atoms with Gasteiger partial charge >= 0.3 is 0 Å². The lowest BCUT2D eigenvalue weighted by molar-refractivity contribution is 0.660. The number of aromatic nitrogens is 1. The summed E-state index contributed by atoms with van der Waals surface area (Å²) >= 11 is 0. The van der Waals surface area contributed by atoms with Gasteiger partial charge in [-0.1, -0.05) is 147 Å². The Morgan fingerprint density at radius 2 is 1.10 bits per heavy atom. The third-order valence-corrected chi connectivity index (χ3v) is 12.6. The summed E-state index contributed by atoms with van der Waals surface area (Å²) in [7, 11) is 0. The molecule has 1 aliphatic rings. The van der Waals surface area contributed by atoms with Crippen LogP contribution in [-0.2, 0) is 5.41 Å². The van der Waals surface area contributed by atoms with Crippen molar-refractivity contribution in [1.82, 2.24) is 4.57 Å². The van der Waals surface area contributed by atoms with Crippen molar-refractivity contribution in [1.29, 1.82) is 0 Å². The van der Waals surface area contributed by atoms with E-state index in [1.165, 1.54) is 55.1 Å². The largest absolute Gasteiger partial charge is 0.453 e. The van der Waals surface area contributed by atoms with Crippen molar-refractivity contribution in [3.8, 4) is 27.9 Å². The summed E-state index contributed by atoms with van der Waals surface area (Å²) in [6.07, 6.45) is 0. The number of benzene rings is 9. The summed E-state index contributed by atoms with van der Waals surface area (Å²) in [6, 6.07) is 70.5. The number of anilines is 3. The Hall–Kier alpha value is -7.36. The second-order valence-corrected chi connectivity index (χ2v) is 16.1. The number of furan rings is 1. The fraction of sp³-hybridized carbons (Fsp3) is 0.0545. The van der Waals surface area contributed by atoms with Gasteiger partial charge in [0.15, 0.2) is 5.58 Å². The highest BCUT2D eigenvalue weighted by Gasteiger charge is 2.35. The number of hydrogen-bond acceptors (Lipinski definition) is 2. The maximum atomic E-state index is 7.03. The molecule has 0 bridgehead atoms. The van der Waals surface area contributed by atoms with Crippen LogP contribution < -0.4 is 4.90 Å². The van der Waals surface area contributed by atoms with Crippen LogP contribution in [0, 0.1) is 0 Å². The number of rotatable bonds is 5. The van der Waals surface area contributed by atoms with Gasteiger partial charge in [-0.15, -0.1) is 0 Å². The molecule has 2 aromatic heterocycles. The zero-order valence-corrected chi connectivity index (χ0v) is 32.3. The third kappa shape index (κ3) is 4.68. The van der Waals surface area contributed by atoms with Crippen LogP contribution in [-0.4, -0.2) is 4.57 Å². The van der Waals surface area contributed by atoms with Crippen molar-refractivity contribution in [2.45, 2.75) is 19.3 Å². The fourth-order valence-corrected chi connectivity index (χ4v) is 9.84. The number of hydrogen-bond donors (Lipinski definition) is 0. The standard InChI is InChI=1S/C55H38N2O/c1-55(2)46-21-10-8-18-41(46)45-34-37(29-33-47(45)55)35-26-30-39(31-27-35)57(51-25-12-20-42-43-32-28-36-14-6-7-17-40(36)53(43)58-54(42)51)50-24-13-23-49-52(50)44-19-9-11-22-48(44)56(49)38-15-4-3-5-16-38/h3-34H,1-2H3. The molecule has 58 heavy (non-hydrogen) atoms. The van der Waals surface area contributed by atoms with E-state index in [1.807, 2.05) is 0 Å². The molecule has 274 valence electrons. The molecule has 0 unspecified atom stereocenters. The van der Waals surface area contributed by atoms with Crippen molar-refractivity contribution >= 4 is 71.6 Å². The van der Waals surface area contributed by atoms with E-state index < -0.39 is 0 Å². The number of para-hydroxylation sites is 3. The van der Waals surface area contributed by atoms with E-state index in [0.29, 0.717) is 0 Å². The molecular weight excluding hydrogens is 705 g/mol. The molecule has 11 aromatic rings. The normalized spacial score (nSPS) is 13.1. The minimum absolute atomic E-state index is 0.0244. The van der Waals surface area contributed by atoms with Gasteiger partial charge in [0.05, 0.1) is 22.4 Å². The van der Waals surface area contributed by atoms with Crippen LogP contribution >= 0.6 is 0 Å². The molecule has 9 aromatic carbocycles. The number of fused-ring (bicyclic) bond motifs is 11. The molecule has 0 saturated heterocycles. The highest BCUT2D eigenvalue weighted by molar-refractivity contribution is 6.20. The molecule has 2 heterocycles. The monoisotopic (exact) mass is 742 g/mol. The first-order valence-corrected chi connectivity index (χ1v) is 20.1. The predicted molar refractivity (Wildman–Crippen MR) is 243 cm³/mol. The molecule has 12 rings (SSSR count). The second-order valence-electron chi connectivity index (χ2n) is 16.1. The Labute approximate surface area is 336 Å². The first-order chi connectivity index (χ1) is 28.5. The SMILES string of the molecule is CC1(C)c2ccccc2-c2cc(-c3ccc(N(c4cccc5c4oc4c6ccccc6ccc54)c4cccc5c4c4ccccc4n5-c4ccccc4)cc3)ccc21. The Morgan fingerprint density at radius 3 is 1.98 bits per heavy atom. The lowest BCUT2D eigenvalue weighted by atomic mass is 9.82. The van der Waals surface area contributed by atoms with Gasteiger partial charge in [-0.3, -0.25) is 0 Å². The van der Waals surface area contributed by atoms with Gasteiger partial charge in [-0.2, -0.15) is 0 Å². The van der Waals surface area contributed by atoms with Crippen molar-refractivity contribution in [3.05, 3.63) is 205 Å². The molecule has 0 saturated carbocycles. The van der Waals surface area contributed by atoms with E-state index in [4.69, 9.17) is 4.42 Å². The summed E-state index contributed by atoms with van der Waals surface area (Å²) in [5, 5.41) is 6.88. The van der Waals surface area contributed by atoms with Crippen molar-refractivity contribution in [2.75, 3.05) is 4.90 Å². The highest BCUT2D eigenvalue weighted by atomic mass is 16.3. The first kappa shape index (κ1) is 32.8. The molecule has 0 amide bonds. The van der Waals surface area contributed by atoms with Crippen LogP contribution in [0.5, 0.6) is 0 Å². The summed E-state index contributed by atoms with van der Waals surface area (Å²) in [4.78, 5) is 2.41. The van der Waals surface area contributed by atoms with Gasteiger partial charge in [0.1, 0.15) is 5.58 Å². The molecule has 3 nitrogen and oxygen atoms in total. The second kappa shape index (κ2) is 12.3. The van der Waals surface area contributed by atoms with Crippen LogP contribution in [0.3, 0.4) is 0 Å². The topological polar surface area (TPSA) is 21.3 Å². The van der Waals surface area contributed by atoms with Gasteiger partial charge in [-0.05, 0) is 99.4 Å². The van der Waals surface area contributed by atoms with Gasteiger partial charge in [0, 0.05) is 43.7 Å². The molecule has 0 aliphatic heterocycles. The van der Waals surface area contributed by atoms with Crippen LogP contribution in [0.25, 0.3) is 82.5 Å². The lowest BCUT2D eigenvalue weighted by Gasteiger charge is -2.27. The van der Waals surface area contributed by atoms with Crippen LogP contribution in [0.15, 0.2) is 199 Å². The summed E-state index contributed by atoms with van der Waals surface area (Å²) < 4.78 is 9.41. The Bertz CT molecular complexity index is 3420. The molecule has 0 fully saturated rings. The molecule has 0 spiro atoms. The Balaban J connectivity index is 1.09. The van der Waals surface area contributed by atoms with Crippen LogP contribution in [0.1, 0.15) is 25.0 Å². The Kier molecular flexibility index (Phi) is 6.98. The average Bonchev–Trinajstić information content (AvgIpc) is 3.91. The smallest absolute Gasteiger partial charge is 0.159 e. The zero-order valence-electron chi connectivity index (χ0n) is 32.3. The Morgan fingerprint density at radius 1 is 0.448 bits per heavy atom. The van der Waals surface area contributed by atoms with Gasteiger partial charge < -0.3 is 13.9 Å². The molecule has 1 aliphatic carbocycles. The van der Waals surface area contributed by atoms with Crippen molar-refractivity contribution in [3.63, 3.8) is 0 Å². The summed E-state index contributed by atoms with van der Waals surface area (Å²) in [6.45, 7) is 4.67. The van der Waals surface area contributed by atoms with Crippen LogP contribution in [0.4, 0.5) is 17.1 Å². The van der Waals surface area contributed by atoms with E-state index in [1.54, 1.807) is 0 Å². The number of nitrogens with zero attached hydrogens (tertiary/aromatic N) is 2. The highest BCUT2D eigenvalue weighted by Crippen LogP contribution is 2.51. The minimum atomic E-state index is -0.0244. The van der Waals surface area contributed by atoms with Crippen LogP contribution in [0.2, 0.25) is 0 Å². The molecule has 3 heteroatoms. The average molecular weight is 743 g/mol. The quantitative estimate of drug-likeness (QED) is 0.175.